The second-order valence-corrected chi connectivity index (χ2v) is 5.70. The Hall–Kier alpha value is -2.08. The number of thioether (sulfide) groups is 1. The van der Waals surface area contributed by atoms with E-state index in [1.54, 1.807) is 18.0 Å². The minimum atomic E-state index is -0.661. The molecule has 116 valence electrons. The zero-order valence-electron chi connectivity index (χ0n) is 12.5. The summed E-state index contributed by atoms with van der Waals surface area (Å²) in [4.78, 5) is 28.4. The summed E-state index contributed by atoms with van der Waals surface area (Å²) in [5, 5.41) is 4.41. The van der Waals surface area contributed by atoms with Gasteiger partial charge in [0.1, 0.15) is 11.7 Å². The maximum absolute atomic E-state index is 12.5. The first-order chi connectivity index (χ1) is 10.7. The molecule has 2 aromatic rings. The van der Waals surface area contributed by atoms with Gasteiger partial charge in [0.25, 0.3) is 5.91 Å². The highest BCUT2D eigenvalue weighted by atomic mass is 32.2. The Kier molecular flexibility index (Phi) is 5.77. The van der Waals surface area contributed by atoms with Crippen molar-refractivity contribution >= 4 is 34.4 Å². The Bertz CT molecular complexity index is 670. The van der Waals surface area contributed by atoms with E-state index in [-0.39, 0.29) is 5.91 Å². The fourth-order valence-corrected chi connectivity index (χ4v) is 2.63. The van der Waals surface area contributed by atoms with Gasteiger partial charge in [-0.1, -0.05) is 24.3 Å². The second-order valence-electron chi connectivity index (χ2n) is 4.71. The zero-order valence-corrected chi connectivity index (χ0v) is 13.4. The van der Waals surface area contributed by atoms with Crippen LogP contribution in [0.5, 0.6) is 0 Å². The molecule has 6 heteroatoms. The molecule has 0 saturated heterocycles. The Balaban J connectivity index is 2.23. The van der Waals surface area contributed by atoms with Crippen LogP contribution in [0.1, 0.15) is 16.9 Å². The molecule has 0 fully saturated rings. The summed E-state index contributed by atoms with van der Waals surface area (Å²) >= 11 is 1.61. The van der Waals surface area contributed by atoms with E-state index in [2.05, 4.69) is 10.3 Å². The van der Waals surface area contributed by atoms with Gasteiger partial charge in [-0.05, 0) is 29.9 Å². The van der Waals surface area contributed by atoms with Gasteiger partial charge in [-0.3, -0.25) is 9.78 Å². The summed E-state index contributed by atoms with van der Waals surface area (Å²) in [6.45, 7) is 0. The summed E-state index contributed by atoms with van der Waals surface area (Å²) < 4.78 is 4.75. The van der Waals surface area contributed by atoms with Crippen molar-refractivity contribution in [2.75, 3.05) is 19.1 Å². The average Bonchev–Trinajstić information content (AvgIpc) is 2.57. The number of amides is 1. The Morgan fingerprint density at radius 1 is 1.32 bits per heavy atom. The van der Waals surface area contributed by atoms with Crippen LogP contribution in [0.15, 0.2) is 36.5 Å². The standard InChI is InChI=1S/C16H18N2O3S/c1-21-16(20)13(8-10-22-2)18-15(19)14-12-6-4-3-5-11(12)7-9-17-14/h3-7,9,13H,8,10H2,1-2H3,(H,18,19). The molecule has 0 bridgehead atoms. The number of pyridine rings is 1. The molecule has 1 N–H and O–H groups in total. The first-order valence-corrected chi connectivity index (χ1v) is 8.28. The number of nitrogens with zero attached hydrogens (tertiary/aromatic N) is 1. The van der Waals surface area contributed by atoms with Gasteiger partial charge in [-0.15, -0.1) is 0 Å². The molecule has 0 saturated carbocycles. The van der Waals surface area contributed by atoms with Gasteiger partial charge >= 0.3 is 5.97 Å². The summed E-state index contributed by atoms with van der Waals surface area (Å²) in [7, 11) is 1.32. The lowest BCUT2D eigenvalue weighted by atomic mass is 10.1. The van der Waals surface area contributed by atoms with Crippen molar-refractivity contribution in [1.82, 2.24) is 10.3 Å². The van der Waals surface area contributed by atoms with E-state index in [9.17, 15) is 9.59 Å². The van der Waals surface area contributed by atoms with E-state index in [4.69, 9.17) is 4.74 Å². The summed E-state index contributed by atoms with van der Waals surface area (Å²) in [6, 6.07) is 8.70. The number of rotatable bonds is 6. The third kappa shape index (κ3) is 3.76. The number of nitrogens with one attached hydrogen (secondary N) is 1. The Morgan fingerprint density at radius 3 is 2.82 bits per heavy atom. The highest BCUT2D eigenvalue weighted by Crippen LogP contribution is 2.16. The molecule has 0 radical (unpaired) electrons. The lowest BCUT2D eigenvalue weighted by Gasteiger charge is -2.16. The lowest BCUT2D eigenvalue weighted by molar-refractivity contribution is -0.142. The summed E-state index contributed by atoms with van der Waals surface area (Å²) in [5.74, 6) is -0.0563. The van der Waals surface area contributed by atoms with Gasteiger partial charge in [-0.2, -0.15) is 11.8 Å². The molecule has 0 aliphatic rings. The van der Waals surface area contributed by atoms with Crippen LogP contribution in [0.2, 0.25) is 0 Å². The van der Waals surface area contributed by atoms with Crippen LogP contribution >= 0.6 is 11.8 Å². The highest BCUT2D eigenvalue weighted by molar-refractivity contribution is 7.98. The molecular weight excluding hydrogens is 300 g/mol. The van der Waals surface area contributed by atoms with Gasteiger partial charge < -0.3 is 10.1 Å². The number of hydrogen-bond donors (Lipinski definition) is 1. The SMILES string of the molecule is COC(=O)C(CCSC)NC(=O)c1nccc2ccccc12. The van der Waals surface area contributed by atoms with Gasteiger partial charge in [0.15, 0.2) is 0 Å². The van der Waals surface area contributed by atoms with Crippen LogP contribution in [-0.2, 0) is 9.53 Å². The van der Waals surface area contributed by atoms with Crippen molar-refractivity contribution in [3.05, 3.63) is 42.2 Å². The minimum Gasteiger partial charge on any atom is -0.467 e. The monoisotopic (exact) mass is 318 g/mol. The lowest BCUT2D eigenvalue weighted by Crippen LogP contribution is -2.42. The fourth-order valence-electron chi connectivity index (χ4n) is 2.15. The second kappa shape index (κ2) is 7.79. The van der Waals surface area contributed by atoms with Gasteiger partial charge in [0, 0.05) is 11.6 Å². The number of benzene rings is 1. The number of carbonyl (C=O) groups is 2. The maximum atomic E-state index is 12.5. The predicted molar refractivity (Wildman–Crippen MR) is 88.0 cm³/mol. The molecule has 1 unspecified atom stereocenters. The number of fused-ring (bicyclic) bond motifs is 1. The van der Waals surface area contributed by atoms with Crippen molar-refractivity contribution in [2.24, 2.45) is 0 Å². The Morgan fingerprint density at radius 2 is 2.09 bits per heavy atom. The number of ether oxygens (including phenoxy) is 1. The first kappa shape index (κ1) is 16.3. The van der Waals surface area contributed by atoms with E-state index in [0.717, 1.165) is 16.5 Å². The third-order valence-corrected chi connectivity index (χ3v) is 3.93. The van der Waals surface area contributed by atoms with E-state index in [1.807, 2.05) is 36.6 Å². The topological polar surface area (TPSA) is 68.3 Å². The quantitative estimate of drug-likeness (QED) is 0.828. The fraction of sp³-hybridized carbons (Fsp3) is 0.312. The van der Waals surface area contributed by atoms with Gasteiger partial charge in [-0.25, -0.2) is 4.79 Å². The molecular formula is C16H18N2O3S. The molecule has 0 spiro atoms. The number of methoxy groups -OCH3 is 1. The number of esters is 1. The van der Waals surface area contributed by atoms with E-state index < -0.39 is 12.0 Å². The first-order valence-electron chi connectivity index (χ1n) is 6.88. The molecule has 1 heterocycles. The molecule has 0 aliphatic carbocycles. The average molecular weight is 318 g/mol. The van der Waals surface area contributed by atoms with Gasteiger partial charge in [0.05, 0.1) is 7.11 Å². The van der Waals surface area contributed by atoms with E-state index in [1.165, 1.54) is 7.11 Å². The minimum absolute atomic E-state index is 0.316. The normalized spacial score (nSPS) is 11.9. The maximum Gasteiger partial charge on any atom is 0.328 e. The number of carbonyl (C=O) groups excluding carboxylic acids is 2. The van der Waals surface area contributed by atoms with Crippen LogP contribution < -0.4 is 5.32 Å². The molecule has 5 nitrogen and oxygen atoms in total. The van der Waals surface area contributed by atoms with Crippen molar-refractivity contribution in [3.63, 3.8) is 0 Å². The summed E-state index contributed by atoms with van der Waals surface area (Å²) in [5.41, 5.74) is 0.316. The van der Waals surface area contributed by atoms with Crippen molar-refractivity contribution in [3.8, 4) is 0 Å². The molecule has 22 heavy (non-hydrogen) atoms. The van der Waals surface area contributed by atoms with Crippen molar-refractivity contribution in [1.29, 1.82) is 0 Å². The smallest absolute Gasteiger partial charge is 0.328 e. The van der Waals surface area contributed by atoms with Crippen LogP contribution in [0.25, 0.3) is 10.8 Å². The van der Waals surface area contributed by atoms with Crippen LogP contribution in [0.3, 0.4) is 0 Å². The number of aromatic nitrogens is 1. The van der Waals surface area contributed by atoms with Crippen molar-refractivity contribution in [2.45, 2.75) is 12.5 Å². The van der Waals surface area contributed by atoms with Crippen molar-refractivity contribution < 1.29 is 14.3 Å². The highest BCUT2D eigenvalue weighted by Gasteiger charge is 2.23. The summed E-state index contributed by atoms with van der Waals surface area (Å²) in [6.07, 6.45) is 4.05. The largest absolute Gasteiger partial charge is 0.467 e. The van der Waals surface area contributed by atoms with E-state index >= 15 is 0 Å². The number of hydrogen-bond acceptors (Lipinski definition) is 5. The molecule has 0 aliphatic heterocycles. The molecule has 1 aromatic heterocycles. The van der Waals surface area contributed by atoms with Crippen LogP contribution in [0.4, 0.5) is 0 Å². The molecule has 1 amide bonds. The molecule has 2 rings (SSSR count). The molecule has 1 aromatic carbocycles. The van der Waals surface area contributed by atoms with Gasteiger partial charge in [0.2, 0.25) is 0 Å². The third-order valence-electron chi connectivity index (χ3n) is 3.29. The van der Waals surface area contributed by atoms with Crippen LogP contribution in [0, 0.1) is 0 Å². The predicted octanol–water partition coefficient (Wildman–Crippen LogP) is 2.26. The van der Waals surface area contributed by atoms with Crippen LogP contribution in [-0.4, -0.2) is 42.0 Å². The zero-order chi connectivity index (χ0) is 15.9. The molecule has 1 atom stereocenters. The van der Waals surface area contributed by atoms with E-state index in [0.29, 0.717) is 12.1 Å². The Labute approximate surface area is 133 Å².